The number of aromatic nitrogens is 2. The number of benzene rings is 1. The van der Waals surface area contributed by atoms with Crippen LogP contribution >= 0.6 is 0 Å². The smallest absolute Gasteiger partial charge is 0.259 e. The molecule has 0 aliphatic heterocycles. The van der Waals surface area contributed by atoms with Crippen molar-refractivity contribution in [1.82, 2.24) is 9.78 Å². The molecule has 1 aromatic carbocycles. The zero-order chi connectivity index (χ0) is 15.8. The lowest BCUT2D eigenvalue weighted by Gasteiger charge is -2.21. The fourth-order valence-electron chi connectivity index (χ4n) is 2.18. The van der Waals surface area contributed by atoms with E-state index >= 15 is 0 Å². The van der Waals surface area contributed by atoms with Gasteiger partial charge in [-0.2, -0.15) is 5.10 Å². The van der Waals surface area contributed by atoms with Gasteiger partial charge in [-0.3, -0.25) is 9.48 Å². The minimum absolute atomic E-state index is 0.196. The van der Waals surface area contributed by atoms with Crippen LogP contribution in [0.1, 0.15) is 42.4 Å². The Kier molecular flexibility index (Phi) is 3.85. The van der Waals surface area contributed by atoms with Crippen molar-refractivity contribution in [3.63, 3.8) is 0 Å². The molecule has 0 aliphatic rings. The van der Waals surface area contributed by atoms with Crippen molar-refractivity contribution in [1.29, 1.82) is 0 Å². The van der Waals surface area contributed by atoms with Crippen LogP contribution in [0.3, 0.4) is 0 Å². The third-order valence-corrected chi connectivity index (χ3v) is 3.32. The average molecular weight is 289 g/mol. The second-order valence-corrected chi connectivity index (χ2v) is 6.14. The van der Waals surface area contributed by atoms with Gasteiger partial charge in [0.25, 0.3) is 5.91 Å². The Bertz CT molecular complexity index is 683. The second kappa shape index (κ2) is 5.31. The third-order valence-electron chi connectivity index (χ3n) is 3.32. The monoisotopic (exact) mass is 289 g/mol. The van der Waals surface area contributed by atoms with E-state index in [1.165, 1.54) is 6.07 Å². The number of nitrogens with one attached hydrogen (secondary N) is 1. The zero-order valence-electron chi connectivity index (χ0n) is 13.0. The molecule has 112 valence electrons. The first-order chi connectivity index (χ1) is 9.70. The quantitative estimate of drug-likeness (QED) is 0.917. The standard InChI is InChI=1S/C16H20FN3O/c1-10-6-7-12(8-14(10)17)19-15(21)13-9-18-20(11(13)2)16(3,4)5/h6-9H,1-5H3,(H,19,21). The molecule has 4 nitrogen and oxygen atoms in total. The number of hydrogen-bond donors (Lipinski definition) is 1. The summed E-state index contributed by atoms with van der Waals surface area (Å²) in [6, 6.07) is 4.63. The van der Waals surface area contributed by atoms with Gasteiger partial charge in [0.15, 0.2) is 0 Å². The molecule has 1 heterocycles. The molecular formula is C16H20FN3O. The van der Waals surface area contributed by atoms with E-state index in [4.69, 9.17) is 0 Å². The van der Waals surface area contributed by atoms with Crippen molar-refractivity contribution in [3.05, 3.63) is 47.0 Å². The lowest BCUT2D eigenvalue weighted by atomic mass is 10.1. The van der Waals surface area contributed by atoms with Crippen molar-refractivity contribution in [2.75, 3.05) is 5.32 Å². The van der Waals surface area contributed by atoms with Crippen LogP contribution < -0.4 is 5.32 Å². The van der Waals surface area contributed by atoms with Gasteiger partial charge in [-0.05, 0) is 52.3 Å². The fourth-order valence-corrected chi connectivity index (χ4v) is 2.18. The highest BCUT2D eigenvalue weighted by atomic mass is 19.1. The SMILES string of the molecule is Cc1ccc(NC(=O)c2cnn(C(C)(C)C)c2C)cc1F. The molecule has 0 spiro atoms. The summed E-state index contributed by atoms with van der Waals surface area (Å²) in [6.45, 7) is 9.58. The number of nitrogens with zero attached hydrogens (tertiary/aromatic N) is 2. The van der Waals surface area contributed by atoms with Crippen LogP contribution in [0.2, 0.25) is 0 Å². The molecule has 0 fully saturated rings. The van der Waals surface area contributed by atoms with Gasteiger partial charge in [-0.1, -0.05) is 6.07 Å². The van der Waals surface area contributed by atoms with Crippen molar-refractivity contribution >= 4 is 11.6 Å². The highest BCUT2D eigenvalue weighted by Gasteiger charge is 2.21. The number of anilines is 1. The summed E-state index contributed by atoms with van der Waals surface area (Å²) in [5.74, 6) is -0.624. The molecule has 0 bridgehead atoms. The minimum Gasteiger partial charge on any atom is -0.322 e. The molecule has 1 amide bonds. The Balaban J connectivity index is 2.25. The van der Waals surface area contributed by atoms with Crippen LogP contribution in [0.4, 0.5) is 10.1 Å². The minimum atomic E-state index is -0.338. The molecule has 1 N–H and O–H groups in total. The van der Waals surface area contributed by atoms with E-state index < -0.39 is 0 Å². The first-order valence-corrected chi connectivity index (χ1v) is 6.83. The van der Waals surface area contributed by atoms with Crippen LogP contribution in [0.15, 0.2) is 24.4 Å². The van der Waals surface area contributed by atoms with Crippen molar-refractivity contribution < 1.29 is 9.18 Å². The van der Waals surface area contributed by atoms with Crippen LogP contribution in [0, 0.1) is 19.7 Å². The van der Waals surface area contributed by atoms with Crippen molar-refractivity contribution in [2.45, 2.75) is 40.2 Å². The van der Waals surface area contributed by atoms with Crippen molar-refractivity contribution in [3.8, 4) is 0 Å². The molecule has 0 saturated carbocycles. The number of carbonyl (C=O) groups is 1. The van der Waals surface area contributed by atoms with E-state index in [1.807, 2.05) is 27.7 Å². The molecule has 0 aliphatic carbocycles. The molecule has 2 aromatic rings. The summed E-state index contributed by atoms with van der Waals surface area (Å²) in [4.78, 5) is 12.3. The Labute approximate surface area is 124 Å². The molecule has 5 heteroatoms. The second-order valence-electron chi connectivity index (χ2n) is 6.14. The first-order valence-electron chi connectivity index (χ1n) is 6.83. The number of hydrogen-bond acceptors (Lipinski definition) is 2. The highest BCUT2D eigenvalue weighted by Crippen LogP contribution is 2.20. The van der Waals surface area contributed by atoms with Gasteiger partial charge in [0.1, 0.15) is 5.82 Å². The normalized spacial score (nSPS) is 11.5. The number of carbonyl (C=O) groups excluding carboxylic acids is 1. The van der Waals surface area contributed by atoms with Crippen molar-refractivity contribution in [2.24, 2.45) is 0 Å². The van der Waals surface area contributed by atoms with Gasteiger partial charge >= 0.3 is 0 Å². The fraction of sp³-hybridized carbons (Fsp3) is 0.375. The van der Waals surface area contributed by atoms with E-state index in [1.54, 1.807) is 29.9 Å². The maximum Gasteiger partial charge on any atom is 0.259 e. The Morgan fingerprint density at radius 3 is 2.48 bits per heavy atom. The number of rotatable bonds is 2. The van der Waals surface area contributed by atoms with E-state index in [2.05, 4.69) is 10.4 Å². The molecule has 21 heavy (non-hydrogen) atoms. The Morgan fingerprint density at radius 2 is 1.95 bits per heavy atom. The molecule has 2 rings (SSSR count). The van der Waals surface area contributed by atoms with Crippen LogP contribution in [-0.4, -0.2) is 15.7 Å². The van der Waals surface area contributed by atoms with Crippen LogP contribution in [-0.2, 0) is 5.54 Å². The predicted molar refractivity (Wildman–Crippen MR) is 81.1 cm³/mol. The maximum absolute atomic E-state index is 13.5. The lowest BCUT2D eigenvalue weighted by Crippen LogP contribution is -2.25. The highest BCUT2D eigenvalue weighted by molar-refractivity contribution is 6.04. The first kappa shape index (κ1) is 15.2. The lowest BCUT2D eigenvalue weighted by molar-refractivity contribution is 0.102. The van der Waals surface area contributed by atoms with Crippen LogP contribution in [0.25, 0.3) is 0 Å². The van der Waals surface area contributed by atoms with E-state index in [-0.39, 0.29) is 17.3 Å². The summed E-state index contributed by atoms with van der Waals surface area (Å²) >= 11 is 0. The Hall–Kier alpha value is -2.17. The Morgan fingerprint density at radius 1 is 1.29 bits per heavy atom. The van der Waals surface area contributed by atoms with Gasteiger partial charge in [0.05, 0.1) is 17.3 Å². The summed E-state index contributed by atoms with van der Waals surface area (Å²) in [5, 5.41) is 6.96. The summed E-state index contributed by atoms with van der Waals surface area (Å²) in [6.07, 6.45) is 1.54. The van der Waals surface area contributed by atoms with E-state index in [0.717, 1.165) is 5.69 Å². The van der Waals surface area contributed by atoms with E-state index in [0.29, 0.717) is 16.8 Å². The predicted octanol–water partition coefficient (Wildman–Crippen LogP) is 3.65. The van der Waals surface area contributed by atoms with Gasteiger partial charge < -0.3 is 5.32 Å². The summed E-state index contributed by atoms with van der Waals surface area (Å²) < 4.78 is 15.3. The van der Waals surface area contributed by atoms with E-state index in [9.17, 15) is 9.18 Å². The average Bonchev–Trinajstić information content (AvgIpc) is 2.75. The largest absolute Gasteiger partial charge is 0.322 e. The van der Waals surface area contributed by atoms with Gasteiger partial charge in [0, 0.05) is 11.4 Å². The molecule has 1 aromatic heterocycles. The van der Waals surface area contributed by atoms with Gasteiger partial charge in [-0.25, -0.2) is 4.39 Å². The summed E-state index contributed by atoms with van der Waals surface area (Å²) in [5.41, 5.74) is 2.06. The number of amides is 1. The molecule has 0 saturated heterocycles. The zero-order valence-corrected chi connectivity index (χ0v) is 13.0. The maximum atomic E-state index is 13.5. The van der Waals surface area contributed by atoms with Crippen LogP contribution in [0.5, 0.6) is 0 Å². The topological polar surface area (TPSA) is 46.9 Å². The third kappa shape index (κ3) is 3.12. The summed E-state index contributed by atoms with van der Waals surface area (Å²) in [7, 11) is 0. The van der Waals surface area contributed by atoms with Gasteiger partial charge in [-0.15, -0.1) is 0 Å². The number of aryl methyl sites for hydroxylation is 1. The number of halogens is 1. The molecule has 0 unspecified atom stereocenters. The van der Waals surface area contributed by atoms with Gasteiger partial charge in [0.2, 0.25) is 0 Å². The molecule has 0 radical (unpaired) electrons. The molecular weight excluding hydrogens is 269 g/mol. The molecule has 0 atom stereocenters.